The van der Waals surface area contributed by atoms with Gasteiger partial charge in [-0.2, -0.15) is 14.9 Å². The van der Waals surface area contributed by atoms with E-state index < -0.39 is 38.8 Å². The number of aromatic nitrogens is 5. The number of hydrogen-bond acceptors (Lipinski definition) is 13. The average molecular weight is 498 g/mol. The third kappa shape index (κ3) is 3.97. The molecule has 3 aromatic heterocycles. The number of nitriles is 1. The van der Waals surface area contributed by atoms with Crippen molar-refractivity contribution in [2.24, 2.45) is 0 Å². The summed E-state index contributed by atoms with van der Waals surface area (Å²) in [6, 6.07) is 13.8. The molecule has 1 aliphatic heterocycles. The van der Waals surface area contributed by atoms with Crippen molar-refractivity contribution < 1.29 is 33.1 Å². The van der Waals surface area contributed by atoms with E-state index in [0.29, 0.717) is 11.1 Å². The van der Waals surface area contributed by atoms with Gasteiger partial charge in [-0.15, -0.1) is 9.51 Å². The van der Waals surface area contributed by atoms with Gasteiger partial charge in [0.25, 0.3) is 0 Å². The van der Waals surface area contributed by atoms with E-state index in [1.165, 1.54) is 16.9 Å². The number of ether oxygens (including phenoxy) is 1. The number of hydrogen-bond donors (Lipinski definition) is 3. The fourth-order valence-corrected chi connectivity index (χ4v) is 4.25. The van der Waals surface area contributed by atoms with Gasteiger partial charge in [-0.05, 0) is 12.1 Å². The maximum Gasteiger partial charge on any atom is 0.755 e. The van der Waals surface area contributed by atoms with E-state index >= 15 is 0 Å². The smallest absolute Gasteiger partial charge is 0.387 e. The number of benzene rings is 1. The molecule has 0 saturated carbocycles. The van der Waals surface area contributed by atoms with Gasteiger partial charge < -0.3 is 20.7 Å². The van der Waals surface area contributed by atoms with Crippen LogP contribution in [0, 0.1) is 11.3 Å². The summed E-state index contributed by atoms with van der Waals surface area (Å²) >= 11 is 0. The van der Waals surface area contributed by atoms with Crippen LogP contribution in [0.2, 0.25) is 0 Å². The van der Waals surface area contributed by atoms with Crippen molar-refractivity contribution in [3.63, 3.8) is 0 Å². The van der Waals surface area contributed by atoms with E-state index in [1.54, 1.807) is 30.3 Å². The van der Waals surface area contributed by atoms with Gasteiger partial charge >= 0.3 is 14.3 Å². The molecule has 1 aliphatic rings. The lowest BCUT2D eigenvalue weighted by atomic mass is 9.92. The first-order valence-corrected chi connectivity index (χ1v) is 11.2. The molecule has 0 radical (unpaired) electrons. The molecular weight excluding hydrogens is 481 g/mol. The molecule has 1 aromatic carbocycles. The summed E-state index contributed by atoms with van der Waals surface area (Å²) in [5.41, 5.74) is 4.99. The van der Waals surface area contributed by atoms with Crippen LogP contribution in [0.5, 0.6) is 6.08 Å². The number of aliphatic hydroxyl groups excluding tert-OH is 2. The Morgan fingerprint density at radius 1 is 1.26 bits per heavy atom. The molecule has 0 aliphatic carbocycles. The highest BCUT2D eigenvalue weighted by atomic mass is 31.1. The predicted octanol–water partition coefficient (Wildman–Crippen LogP) is 0.954. The average Bonchev–Trinajstić information content (AvgIpc) is 3.58. The molecule has 4 heterocycles. The molecule has 5 rings (SSSR count). The van der Waals surface area contributed by atoms with Crippen molar-refractivity contribution in [3.8, 4) is 23.5 Å². The largest absolute Gasteiger partial charge is 0.755 e. The standard InChI is InChI=1S/C20H17N7O7P/c21-9-20(14-7-6-12-17(22)23-10-24-27(12)14)16(29)15(28)13(32-20)8-31-35(30)34-19-25-18(26-33-19)11-4-2-1-3-5-11/h1-7,10,13,15-16,28-29H,8H2,(H2,22,23,24)/q+1/t13-,15-,16-,20+/m1/s1. The molecule has 4 N–H and O–H groups in total. The van der Waals surface area contributed by atoms with Gasteiger partial charge in [-0.25, -0.2) is 9.50 Å². The predicted molar refractivity (Wildman–Crippen MR) is 115 cm³/mol. The number of nitrogens with zero attached hydrogens (tertiary/aromatic N) is 6. The second-order valence-electron chi connectivity index (χ2n) is 7.46. The monoisotopic (exact) mass is 498 g/mol. The van der Waals surface area contributed by atoms with Crippen molar-refractivity contribution in [2.75, 3.05) is 12.3 Å². The Morgan fingerprint density at radius 2 is 2.06 bits per heavy atom. The first kappa shape index (κ1) is 22.8. The van der Waals surface area contributed by atoms with Crippen LogP contribution in [0.25, 0.3) is 16.9 Å². The Hall–Kier alpha value is -3.99. The quantitative estimate of drug-likeness (QED) is 0.304. The van der Waals surface area contributed by atoms with Gasteiger partial charge in [-0.1, -0.05) is 35.5 Å². The van der Waals surface area contributed by atoms with Gasteiger partial charge in [0.15, 0.2) is 5.82 Å². The Bertz CT molecular complexity index is 1420. The summed E-state index contributed by atoms with van der Waals surface area (Å²) in [5.74, 6) is 0.377. The number of nitrogen functional groups attached to an aromatic ring is 1. The van der Waals surface area contributed by atoms with E-state index in [0.717, 1.165) is 0 Å². The molecule has 0 bridgehead atoms. The van der Waals surface area contributed by atoms with E-state index in [4.69, 9.17) is 24.0 Å². The number of anilines is 1. The summed E-state index contributed by atoms with van der Waals surface area (Å²) in [6.07, 6.45) is -3.69. The van der Waals surface area contributed by atoms with Crippen LogP contribution in [-0.4, -0.2) is 59.9 Å². The molecule has 35 heavy (non-hydrogen) atoms. The van der Waals surface area contributed by atoms with Crippen LogP contribution in [0.3, 0.4) is 0 Å². The van der Waals surface area contributed by atoms with Gasteiger partial charge in [0, 0.05) is 10.1 Å². The number of aliphatic hydroxyl groups is 2. The highest BCUT2D eigenvalue weighted by molar-refractivity contribution is 7.33. The maximum atomic E-state index is 12.3. The lowest BCUT2D eigenvalue weighted by molar-refractivity contribution is -0.0613. The van der Waals surface area contributed by atoms with Crippen LogP contribution in [-0.2, 0) is 19.4 Å². The van der Waals surface area contributed by atoms with Crippen molar-refractivity contribution in [2.45, 2.75) is 23.9 Å². The van der Waals surface area contributed by atoms with Gasteiger partial charge in [0.1, 0.15) is 42.8 Å². The highest BCUT2D eigenvalue weighted by Crippen LogP contribution is 2.41. The van der Waals surface area contributed by atoms with Crippen LogP contribution >= 0.6 is 8.25 Å². The van der Waals surface area contributed by atoms with Crippen LogP contribution in [0.1, 0.15) is 5.69 Å². The minimum Gasteiger partial charge on any atom is -0.387 e. The SMILES string of the molecule is N#C[C@@]1(c2ccc3c(N)ncnn23)O[C@H](CO[P+](=O)Oc2nc(-c3ccccc3)no2)[C@@H](O)[C@H]1O. The van der Waals surface area contributed by atoms with Crippen molar-refractivity contribution in [1.82, 2.24) is 24.7 Å². The third-order valence-electron chi connectivity index (χ3n) is 5.42. The molecule has 15 heteroatoms. The molecular formula is C20H17N7O7P+. The fourth-order valence-electron chi connectivity index (χ4n) is 3.73. The summed E-state index contributed by atoms with van der Waals surface area (Å²) in [4.78, 5) is 7.85. The summed E-state index contributed by atoms with van der Waals surface area (Å²) in [5, 5.41) is 38.9. The second-order valence-corrected chi connectivity index (χ2v) is 8.35. The number of rotatable bonds is 7. The first-order chi connectivity index (χ1) is 16.9. The number of fused-ring (bicyclic) bond motifs is 1. The zero-order chi connectivity index (χ0) is 24.6. The van der Waals surface area contributed by atoms with Crippen molar-refractivity contribution in [3.05, 3.63) is 54.5 Å². The summed E-state index contributed by atoms with van der Waals surface area (Å²) in [7, 11) is -2.82. The molecule has 1 unspecified atom stereocenters. The van der Waals surface area contributed by atoms with Crippen LogP contribution in [0.4, 0.5) is 5.82 Å². The minimum absolute atomic E-state index is 0.123. The van der Waals surface area contributed by atoms with Gasteiger partial charge in [0.2, 0.25) is 11.4 Å². The van der Waals surface area contributed by atoms with E-state index in [2.05, 4.69) is 20.2 Å². The summed E-state index contributed by atoms with van der Waals surface area (Å²) < 4.78 is 34.3. The Morgan fingerprint density at radius 3 is 2.83 bits per heavy atom. The second kappa shape index (κ2) is 8.99. The zero-order valence-electron chi connectivity index (χ0n) is 17.7. The fraction of sp³-hybridized carbons (Fsp3) is 0.250. The molecule has 1 saturated heterocycles. The van der Waals surface area contributed by atoms with Gasteiger partial charge in [0.05, 0.1) is 5.69 Å². The highest BCUT2D eigenvalue weighted by Gasteiger charge is 2.58. The van der Waals surface area contributed by atoms with Crippen molar-refractivity contribution in [1.29, 1.82) is 5.26 Å². The molecule has 14 nitrogen and oxygen atoms in total. The lowest BCUT2D eigenvalue weighted by Crippen LogP contribution is -2.41. The Kier molecular flexibility index (Phi) is 5.85. The topological polar surface area (TPSA) is 204 Å². The maximum absolute atomic E-state index is 12.3. The zero-order valence-corrected chi connectivity index (χ0v) is 18.6. The molecule has 1 fully saturated rings. The van der Waals surface area contributed by atoms with E-state index in [9.17, 15) is 20.0 Å². The molecule has 4 aromatic rings. The van der Waals surface area contributed by atoms with Crippen molar-refractivity contribution >= 4 is 19.6 Å². The molecule has 178 valence electrons. The summed E-state index contributed by atoms with van der Waals surface area (Å²) in [6.45, 7) is -0.489. The molecule has 0 amide bonds. The molecule has 0 spiro atoms. The van der Waals surface area contributed by atoms with Crippen LogP contribution in [0.15, 0.2) is 53.3 Å². The Labute approximate surface area is 197 Å². The normalized spacial score (nSPS) is 24.4. The minimum atomic E-state index is -2.82. The van der Waals surface area contributed by atoms with E-state index in [-0.39, 0.29) is 23.4 Å². The Balaban J connectivity index is 1.27. The lowest BCUT2D eigenvalue weighted by Gasteiger charge is -2.24. The third-order valence-corrected chi connectivity index (χ3v) is 6.09. The van der Waals surface area contributed by atoms with Crippen LogP contribution < -0.4 is 10.3 Å². The number of nitrogens with two attached hydrogens (primary N) is 1. The molecule has 5 atom stereocenters. The first-order valence-electron chi connectivity index (χ1n) is 10.1. The van der Waals surface area contributed by atoms with Gasteiger partial charge in [-0.3, -0.25) is 4.52 Å². The van der Waals surface area contributed by atoms with E-state index in [1.807, 2.05) is 12.1 Å².